The summed E-state index contributed by atoms with van der Waals surface area (Å²) in [6.45, 7) is 0. The summed E-state index contributed by atoms with van der Waals surface area (Å²) >= 11 is 0. The van der Waals surface area contributed by atoms with Gasteiger partial charge in [-0.3, -0.25) is 4.79 Å². The molecule has 5 heteroatoms. The molecule has 2 saturated carbocycles. The van der Waals surface area contributed by atoms with Crippen LogP contribution in [-0.4, -0.2) is 26.3 Å². The van der Waals surface area contributed by atoms with Crippen LogP contribution in [0.5, 0.6) is 11.5 Å². The van der Waals surface area contributed by atoms with Crippen molar-refractivity contribution in [3.05, 3.63) is 23.8 Å². The molecule has 0 bridgehead atoms. The maximum atomic E-state index is 12.1. The maximum absolute atomic E-state index is 12.1. The molecule has 3 atom stereocenters. The quantitative estimate of drug-likeness (QED) is 0.672. The van der Waals surface area contributed by atoms with Crippen molar-refractivity contribution < 1.29 is 14.3 Å². The second-order valence-electron chi connectivity index (χ2n) is 5.98. The van der Waals surface area contributed by atoms with Crippen LogP contribution in [0.25, 0.3) is 0 Å². The predicted molar refractivity (Wildman–Crippen MR) is 84.2 cm³/mol. The Labute approximate surface area is 130 Å². The third-order valence-corrected chi connectivity index (χ3v) is 4.78. The van der Waals surface area contributed by atoms with Gasteiger partial charge in [0.15, 0.2) is 0 Å². The highest BCUT2D eigenvalue weighted by Gasteiger charge is 2.54. The molecule has 1 aromatic rings. The number of fused-ring (bicyclic) bond motifs is 1. The van der Waals surface area contributed by atoms with Crippen LogP contribution in [0.3, 0.4) is 0 Å². The zero-order chi connectivity index (χ0) is 15.5. The number of nitrogens with one attached hydrogen (secondary N) is 1. The van der Waals surface area contributed by atoms with Gasteiger partial charge in [0, 0.05) is 17.5 Å². The van der Waals surface area contributed by atoms with Gasteiger partial charge < -0.3 is 9.47 Å². The first kappa shape index (κ1) is 14.9. The van der Waals surface area contributed by atoms with E-state index in [1.54, 1.807) is 26.5 Å². The molecular weight excluding hydrogens is 280 g/mol. The van der Waals surface area contributed by atoms with Crippen molar-refractivity contribution in [3.8, 4) is 11.5 Å². The lowest BCUT2D eigenvalue weighted by Gasteiger charge is -2.06. The third kappa shape index (κ3) is 2.93. The molecule has 1 aromatic carbocycles. The number of hydrogen-bond acceptors (Lipinski definition) is 4. The summed E-state index contributed by atoms with van der Waals surface area (Å²) < 4.78 is 10.5. The largest absolute Gasteiger partial charge is 0.497 e. The van der Waals surface area contributed by atoms with Gasteiger partial charge in [0.1, 0.15) is 11.5 Å². The van der Waals surface area contributed by atoms with E-state index in [-0.39, 0.29) is 11.8 Å². The van der Waals surface area contributed by atoms with Gasteiger partial charge in [-0.1, -0.05) is 12.8 Å². The SMILES string of the molecule is COc1ccc(/C=N\NC(=O)C2[C@H]3CCCC[C@@H]23)c(OC)c1. The summed E-state index contributed by atoms with van der Waals surface area (Å²) in [7, 11) is 3.21. The molecule has 0 spiro atoms. The smallest absolute Gasteiger partial charge is 0.243 e. The molecular formula is C17H22N2O3. The maximum Gasteiger partial charge on any atom is 0.243 e. The Morgan fingerprint density at radius 3 is 2.59 bits per heavy atom. The fourth-order valence-electron chi connectivity index (χ4n) is 3.55. The lowest BCUT2D eigenvalue weighted by molar-refractivity contribution is -0.122. The van der Waals surface area contributed by atoms with Crippen LogP contribution in [0.2, 0.25) is 0 Å². The number of hydrazone groups is 1. The van der Waals surface area contributed by atoms with E-state index in [9.17, 15) is 4.79 Å². The number of carbonyl (C=O) groups is 1. The van der Waals surface area contributed by atoms with Crippen molar-refractivity contribution in [1.29, 1.82) is 0 Å². The number of amides is 1. The highest BCUT2D eigenvalue weighted by molar-refractivity contribution is 5.87. The first-order valence-corrected chi connectivity index (χ1v) is 7.79. The number of benzene rings is 1. The molecule has 2 aliphatic rings. The summed E-state index contributed by atoms with van der Waals surface area (Å²) in [6, 6.07) is 5.48. The Balaban J connectivity index is 1.59. The first-order valence-electron chi connectivity index (χ1n) is 7.79. The monoisotopic (exact) mass is 302 g/mol. The molecule has 1 amide bonds. The van der Waals surface area contributed by atoms with Crippen LogP contribution in [0, 0.1) is 17.8 Å². The van der Waals surface area contributed by atoms with Gasteiger partial charge in [-0.2, -0.15) is 5.10 Å². The Kier molecular flexibility index (Phi) is 4.32. The molecule has 118 valence electrons. The Morgan fingerprint density at radius 1 is 1.23 bits per heavy atom. The Morgan fingerprint density at radius 2 is 1.95 bits per heavy atom. The van der Waals surface area contributed by atoms with E-state index in [1.807, 2.05) is 12.1 Å². The van der Waals surface area contributed by atoms with Crippen molar-refractivity contribution in [2.75, 3.05) is 14.2 Å². The van der Waals surface area contributed by atoms with Gasteiger partial charge in [-0.05, 0) is 36.8 Å². The van der Waals surface area contributed by atoms with Gasteiger partial charge in [-0.15, -0.1) is 0 Å². The van der Waals surface area contributed by atoms with E-state index >= 15 is 0 Å². The van der Waals surface area contributed by atoms with E-state index < -0.39 is 0 Å². The number of carbonyl (C=O) groups excluding carboxylic acids is 1. The van der Waals surface area contributed by atoms with Crippen molar-refractivity contribution in [3.63, 3.8) is 0 Å². The normalized spacial score (nSPS) is 26.4. The van der Waals surface area contributed by atoms with Crippen molar-refractivity contribution >= 4 is 12.1 Å². The number of nitrogens with zero attached hydrogens (tertiary/aromatic N) is 1. The fraction of sp³-hybridized carbons (Fsp3) is 0.529. The zero-order valence-corrected chi connectivity index (χ0v) is 13.0. The fourth-order valence-corrected chi connectivity index (χ4v) is 3.55. The van der Waals surface area contributed by atoms with Gasteiger partial charge in [0.25, 0.3) is 0 Å². The topological polar surface area (TPSA) is 59.9 Å². The average Bonchev–Trinajstić information content (AvgIpc) is 3.29. The van der Waals surface area contributed by atoms with E-state index in [4.69, 9.17) is 9.47 Å². The third-order valence-electron chi connectivity index (χ3n) is 4.78. The van der Waals surface area contributed by atoms with Crippen LogP contribution in [0.15, 0.2) is 23.3 Å². The summed E-state index contributed by atoms with van der Waals surface area (Å²) in [5.41, 5.74) is 3.48. The molecule has 2 aliphatic carbocycles. The molecule has 2 fully saturated rings. The number of ether oxygens (including phenoxy) is 2. The summed E-state index contributed by atoms with van der Waals surface area (Å²) in [5, 5.41) is 4.08. The molecule has 1 N–H and O–H groups in total. The van der Waals surface area contributed by atoms with Gasteiger partial charge >= 0.3 is 0 Å². The van der Waals surface area contributed by atoms with E-state index in [0.29, 0.717) is 17.6 Å². The highest BCUT2D eigenvalue weighted by atomic mass is 16.5. The van der Waals surface area contributed by atoms with Crippen molar-refractivity contribution in [2.45, 2.75) is 25.7 Å². The van der Waals surface area contributed by atoms with E-state index in [2.05, 4.69) is 10.5 Å². The molecule has 3 rings (SSSR count). The molecule has 22 heavy (non-hydrogen) atoms. The van der Waals surface area contributed by atoms with Gasteiger partial charge in [0.05, 0.1) is 20.4 Å². The van der Waals surface area contributed by atoms with Gasteiger partial charge in [0.2, 0.25) is 5.91 Å². The Bertz CT molecular complexity index is 573. The molecule has 0 heterocycles. The van der Waals surface area contributed by atoms with Gasteiger partial charge in [-0.25, -0.2) is 5.43 Å². The molecule has 0 aliphatic heterocycles. The minimum atomic E-state index is 0.0561. The number of rotatable bonds is 5. The summed E-state index contributed by atoms with van der Waals surface area (Å²) in [6.07, 6.45) is 6.52. The predicted octanol–water partition coefficient (Wildman–Crippen LogP) is 2.59. The molecule has 5 nitrogen and oxygen atoms in total. The molecule has 0 aromatic heterocycles. The Hall–Kier alpha value is -2.04. The minimum absolute atomic E-state index is 0.0561. The van der Waals surface area contributed by atoms with Crippen LogP contribution in [-0.2, 0) is 4.79 Å². The molecule has 1 unspecified atom stereocenters. The number of methoxy groups -OCH3 is 2. The summed E-state index contributed by atoms with van der Waals surface area (Å²) in [5.74, 6) is 2.81. The zero-order valence-electron chi connectivity index (χ0n) is 13.0. The second-order valence-corrected chi connectivity index (χ2v) is 5.98. The standard InChI is InChI=1S/C17H22N2O3/c1-21-12-8-7-11(15(9-12)22-2)10-18-19-17(20)16-13-5-3-4-6-14(13)16/h7-10,13-14,16H,3-6H2,1-2H3,(H,19,20)/b18-10-/t13-,14+,16?. The summed E-state index contributed by atoms with van der Waals surface area (Å²) in [4.78, 5) is 12.1. The molecule has 0 radical (unpaired) electrons. The van der Waals surface area contributed by atoms with Crippen LogP contribution in [0.1, 0.15) is 31.2 Å². The van der Waals surface area contributed by atoms with E-state index in [1.165, 1.54) is 25.7 Å². The first-order chi connectivity index (χ1) is 10.7. The van der Waals surface area contributed by atoms with Crippen molar-refractivity contribution in [1.82, 2.24) is 5.43 Å². The second kappa shape index (κ2) is 6.38. The van der Waals surface area contributed by atoms with E-state index in [0.717, 1.165) is 11.3 Å². The van der Waals surface area contributed by atoms with Crippen LogP contribution < -0.4 is 14.9 Å². The highest BCUT2D eigenvalue weighted by Crippen LogP contribution is 2.55. The minimum Gasteiger partial charge on any atom is -0.497 e. The average molecular weight is 302 g/mol. The van der Waals surface area contributed by atoms with Crippen LogP contribution in [0.4, 0.5) is 0 Å². The van der Waals surface area contributed by atoms with Crippen LogP contribution >= 0.6 is 0 Å². The molecule has 0 saturated heterocycles. The van der Waals surface area contributed by atoms with Crippen molar-refractivity contribution in [2.24, 2.45) is 22.9 Å². The number of hydrogen-bond donors (Lipinski definition) is 1. The lowest BCUT2D eigenvalue weighted by Crippen LogP contribution is -2.20. The lowest BCUT2D eigenvalue weighted by atomic mass is 10.0.